The van der Waals surface area contributed by atoms with Crippen LogP contribution in [0.15, 0.2) is 0 Å². The fourth-order valence-corrected chi connectivity index (χ4v) is 1.45. The summed E-state index contributed by atoms with van der Waals surface area (Å²) in [4.78, 5) is 0. The van der Waals surface area contributed by atoms with Crippen molar-refractivity contribution in [3.05, 3.63) is 0 Å². The summed E-state index contributed by atoms with van der Waals surface area (Å²) in [5.41, 5.74) is 0. The quantitative estimate of drug-likeness (QED) is 0.572. The summed E-state index contributed by atoms with van der Waals surface area (Å²) < 4.78 is 0. The van der Waals surface area contributed by atoms with Crippen LogP contribution in [0.1, 0.15) is 32.1 Å². The molecule has 1 heterocycles. The Kier molecular flexibility index (Phi) is 3.76. The van der Waals surface area contributed by atoms with Gasteiger partial charge in [-0.05, 0) is 26.4 Å². The maximum Gasteiger partial charge on any atom is 0.0569 e. The third-order valence-electron chi connectivity index (χ3n) is 2.16. The second-order valence-electron chi connectivity index (χ2n) is 3.00. The zero-order chi connectivity index (χ0) is 7.23. The van der Waals surface area contributed by atoms with Gasteiger partial charge in [-0.2, -0.15) is 0 Å². The van der Waals surface area contributed by atoms with E-state index in [9.17, 15) is 0 Å². The first-order chi connectivity index (χ1) is 4.93. The molecule has 10 heavy (non-hydrogen) atoms. The Morgan fingerprint density at radius 1 is 1.20 bits per heavy atom. The van der Waals surface area contributed by atoms with Crippen molar-refractivity contribution in [3.8, 4) is 0 Å². The second-order valence-corrected chi connectivity index (χ2v) is 3.00. The van der Waals surface area contributed by atoms with Crippen molar-refractivity contribution in [3.63, 3.8) is 0 Å². The molecule has 0 aromatic rings. The SMILES string of the molecule is CNC1CCCCCCN1. The van der Waals surface area contributed by atoms with Gasteiger partial charge in [0.15, 0.2) is 0 Å². The van der Waals surface area contributed by atoms with Crippen LogP contribution in [0, 0.1) is 0 Å². The standard InChI is InChI=1S/C8H18N2/c1-9-8-6-4-2-3-5-7-10-8/h8-10H,2-7H2,1H3. The highest BCUT2D eigenvalue weighted by Crippen LogP contribution is 2.07. The minimum Gasteiger partial charge on any atom is -0.305 e. The number of rotatable bonds is 1. The highest BCUT2D eigenvalue weighted by atomic mass is 15.1. The highest BCUT2D eigenvalue weighted by Gasteiger charge is 2.06. The van der Waals surface area contributed by atoms with E-state index in [4.69, 9.17) is 0 Å². The molecule has 0 spiro atoms. The van der Waals surface area contributed by atoms with Crippen LogP contribution in [0.25, 0.3) is 0 Å². The summed E-state index contributed by atoms with van der Waals surface area (Å²) in [6, 6.07) is 0. The molecule has 1 unspecified atom stereocenters. The first-order valence-corrected chi connectivity index (χ1v) is 4.34. The van der Waals surface area contributed by atoms with Crippen LogP contribution >= 0.6 is 0 Å². The van der Waals surface area contributed by atoms with Gasteiger partial charge in [0.1, 0.15) is 0 Å². The molecule has 0 amide bonds. The Morgan fingerprint density at radius 2 is 2.00 bits per heavy atom. The van der Waals surface area contributed by atoms with E-state index in [0.717, 1.165) is 0 Å². The van der Waals surface area contributed by atoms with Gasteiger partial charge in [-0.15, -0.1) is 0 Å². The second kappa shape index (κ2) is 4.69. The van der Waals surface area contributed by atoms with E-state index in [2.05, 4.69) is 10.6 Å². The molecule has 0 radical (unpaired) electrons. The first kappa shape index (κ1) is 8.02. The van der Waals surface area contributed by atoms with Gasteiger partial charge < -0.3 is 10.6 Å². The van der Waals surface area contributed by atoms with Crippen molar-refractivity contribution < 1.29 is 0 Å². The minimum atomic E-state index is 0.570. The molecule has 0 aromatic carbocycles. The smallest absolute Gasteiger partial charge is 0.0569 e. The van der Waals surface area contributed by atoms with Gasteiger partial charge in [-0.1, -0.05) is 19.3 Å². The van der Waals surface area contributed by atoms with E-state index in [1.54, 1.807) is 0 Å². The molecule has 1 aliphatic heterocycles. The lowest BCUT2D eigenvalue weighted by atomic mass is 10.1. The summed E-state index contributed by atoms with van der Waals surface area (Å²) in [7, 11) is 2.03. The van der Waals surface area contributed by atoms with Crippen LogP contribution in [0.2, 0.25) is 0 Å². The van der Waals surface area contributed by atoms with Crippen molar-refractivity contribution >= 4 is 0 Å². The Balaban J connectivity index is 2.16. The van der Waals surface area contributed by atoms with Crippen molar-refractivity contribution in [2.45, 2.75) is 38.3 Å². The monoisotopic (exact) mass is 142 g/mol. The molecule has 1 rings (SSSR count). The molecule has 1 fully saturated rings. The molecule has 2 nitrogen and oxygen atoms in total. The van der Waals surface area contributed by atoms with Gasteiger partial charge in [0.2, 0.25) is 0 Å². The Bertz CT molecular complexity index is 75.3. The lowest BCUT2D eigenvalue weighted by Crippen LogP contribution is -2.41. The van der Waals surface area contributed by atoms with E-state index < -0.39 is 0 Å². The van der Waals surface area contributed by atoms with Crippen LogP contribution in [0.5, 0.6) is 0 Å². The van der Waals surface area contributed by atoms with E-state index in [0.29, 0.717) is 6.17 Å². The van der Waals surface area contributed by atoms with Gasteiger partial charge in [0.25, 0.3) is 0 Å². The topological polar surface area (TPSA) is 24.1 Å². The minimum absolute atomic E-state index is 0.570. The van der Waals surface area contributed by atoms with E-state index in [-0.39, 0.29) is 0 Å². The summed E-state index contributed by atoms with van der Waals surface area (Å²) in [6.07, 6.45) is 7.40. The molecule has 0 saturated carbocycles. The van der Waals surface area contributed by atoms with E-state index in [1.165, 1.54) is 38.6 Å². The molecule has 60 valence electrons. The van der Waals surface area contributed by atoms with Crippen LogP contribution in [-0.4, -0.2) is 19.8 Å². The summed E-state index contributed by atoms with van der Waals surface area (Å²) in [6.45, 7) is 1.19. The fraction of sp³-hybridized carbons (Fsp3) is 1.00. The molecule has 1 aliphatic rings. The molecule has 0 bridgehead atoms. The number of hydrogen-bond donors (Lipinski definition) is 2. The Labute approximate surface area is 63.4 Å². The van der Waals surface area contributed by atoms with Gasteiger partial charge >= 0.3 is 0 Å². The molecular formula is C8H18N2. The number of hydrogen-bond acceptors (Lipinski definition) is 2. The zero-order valence-electron chi connectivity index (χ0n) is 6.82. The maximum absolute atomic E-state index is 3.46. The molecule has 1 atom stereocenters. The normalized spacial score (nSPS) is 29.1. The van der Waals surface area contributed by atoms with Gasteiger partial charge in [-0.3, -0.25) is 0 Å². The van der Waals surface area contributed by atoms with Gasteiger partial charge in [-0.25, -0.2) is 0 Å². The van der Waals surface area contributed by atoms with Crippen LogP contribution in [-0.2, 0) is 0 Å². The molecule has 0 aliphatic carbocycles. The summed E-state index contributed by atoms with van der Waals surface area (Å²) >= 11 is 0. The molecule has 2 heteroatoms. The lowest BCUT2D eigenvalue weighted by Gasteiger charge is -2.20. The van der Waals surface area contributed by atoms with Crippen molar-refractivity contribution in [2.75, 3.05) is 13.6 Å². The average Bonchev–Trinajstić information content (AvgIpc) is 1.87. The largest absolute Gasteiger partial charge is 0.305 e. The van der Waals surface area contributed by atoms with E-state index >= 15 is 0 Å². The van der Waals surface area contributed by atoms with Crippen molar-refractivity contribution in [1.29, 1.82) is 0 Å². The summed E-state index contributed by atoms with van der Waals surface area (Å²) in [5.74, 6) is 0. The van der Waals surface area contributed by atoms with Crippen LogP contribution < -0.4 is 10.6 Å². The van der Waals surface area contributed by atoms with E-state index in [1.807, 2.05) is 7.05 Å². The molecule has 1 saturated heterocycles. The van der Waals surface area contributed by atoms with Crippen LogP contribution in [0.4, 0.5) is 0 Å². The van der Waals surface area contributed by atoms with Crippen LogP contribution in [0.3, 0.4) is 0 Å². The first-order valence-electron chi connectivity index (χ1n) is 4.34. The highest BCUT2D eigenvalue weighted by molar-refractivity contribution is 4.64. The number of nitrogens with one attached hydrogen (secondary N) is 2. The predicted octanol–water partition coefficient (Wildman–Crippen LogP) is 1.09. The lowest BCUT2D eigenvalue weighted by molar-refractivity contribution is 0.380. The van der Waals surface area contributed by atoms with Crippen molar-refractivity contribution in [2.24, 2.45) is 0 Å². The third kappa shape index (κ3) is 2.67. The fourth-order valence-electron chi connectivity index (χ4n) is 1.45. The van der Waals surface area contributed by atoms with Gasteiger partial charge in [0, 0.05) is 0 Å². The molecular weight excluding hydrogens is 124 g/mol. The maximum atomic E-state index is 3.46. The average molecular weight is 142 g/mol. The van der Waals surface area contributed by atoms with Gasteiger partial charge in [0.05, 0.1) is 6.17 Å². The Hall–Kier alpha value is -0.0800. The molecule has 2 N–H and O–H groups in total. The predicted molar refractivity (Wildman–Crippen MR) is 43.9 cm³/mol. The summed E-state index contributed by atoms with van der Waals surface area (Å²) in [5, 5.41) is 6.72. The third-order valence-corrected chi connectivity index (χ3v) is 2.16. The molecule has 0 aromatic heterocycles. The Morgan fingerprint density at radius 3 is 2.80 bits per heavy atom. The zero-order valence-corrected chi connectivity index (χ0v) is 6.82. The van der Waals surface area contributed by atoms with Crippen molar-refractivity contribution in [1.82, 2.24) is 10.6 Å².